The monoisotopic (exact) mass is 1470 g/mol. The number of nitrogens with zero attached hydrogens (tertiary/aromatic N) is 9. The molecule has 1 aromatic carbocycles. The molecule has 1 spiro atoms. The fraction of sp³-hybridized carbons (Fsp3) is 0.722. The Morgan fingerprint density at radius 2 is 1.34 bits per heavy atom. The van der Waals surface area contributed by atoms with Crippen LogP contribution in [0, 0.1) is 29.4 Å². The minimum Gasteiger partial charge on any atom is -0.377 e. The van der Waals surface area contributed by atoms with Gasteiger partial charge in [-0.15, -0.1) is 0 Å². The third kappa shape index (κ3) is 19.9. The maximum Gasteiger partial charge on any atom is 0.422 e. The van der Waals surface area contributed by atoms with Gasteiger partial charge in [0, 0.05) is 88.3 Å². The van der Waals surface area contributed by atoms with Crippen molar-refractivity contribution in [2.24, 2.45) is 17.8 Å². The number of carbonyl (C=O) groups is 12. The summed E-state index contributed by atoms with van der Waals surface area (Å²) in [5, 5.41) is 8.45. The maximum atomic E-state index is 15.5. The molecule has 10 atom stereocenters. The molecule has 0 unspecified atom stereocenters. The van der Waals surface area contributed by atoms with Gasteiger partial charge >= 0.3 is 6.18 Å². The number of amides is 12. The average Bonchev–Trinajstić information content (AvgIpc) is 1.72. The van der Waals surface area contributed by atoms with Crippen LogP contribution in [0.2, 0.25) is 0 Å². The molecule has 6 aliphatic rings. The fourth-order valence-electron chi connectivity index (χ4n) is 15.4. The van der Waals surface area contributed by atoms with Gasteiger partial charge in [-0.2, -0.15) is 24.9 Å². The molecule has 7 rings (SSSR count). The summed E-state index contributed by atoms with van der Waals surface area (Å²) in [6.45, 7) is 3.77. The van der Waals surface area contributed by atoms with Crippen molar-refractivity contribution in [1.82, 2.24) is 60.0 Å². The van der Waals surface area contributed by atoms with Crippen molar-refractivity contribution < 1.29 is 84.2 Å². The van der Waals surface area contributed by atoms with Crippen LogP contribution >= 0.6 is 11.8 Å². The Bertz CT molecular complexity index is 3270. The topological polar surface area (TPSA) is 279 Å². The molecule has 2 bridgehead atoms. The van der Waals surface area contributed by atoms with Gasteiger partial charge in [-0.3, -0.25) is 57.5 Å². The minimum atomic E-state index is -5.40. The van der Waals surface area contributed by atoms with Crippen LogP contribution in [0.15, 0.2) is 24.3 Å². The highest BCUT2D eigenvalue weighted by atomic mass is 32.2. The first-order valence-corrected chi connectivity index (χ1v) is 37.6. The number of fused-ring (bicyclic) bond motifs is 3. The summed E-state index contributed by atoms with van der Waals surface area (Å²) in [5.41, 5.74) is -4.12. The number of hydrogen-bond acceptors (Lipinski definition) is 14. The van der Waals surface area contributed by atoms with E-state index in [2.05, 4.69) is 16.0 Å². The highest BCUT2D eigenvalue weighted by Gasteiger charge is 2.54. The number of ether oxygens (including phenoxy) is 1. The van der Waals surface area contributed by atoms with Crippen LogP contribution in [0.4, 0.5) is 22.0 Å². The number of carbonyl (C=O) groups excluding carboxylic acids is 12. The molecule has 3 aliphatic heterocycles. The van der Waals surface area contributed by atoms with E-state index in [0.717, 1.165) is 56.6 Å². The highest BCUT2D eigenvalue weighted by molar-refractivity contribution is 7.98. The lowest BCUT2D eigenvalue weighted by Crippen LogP contribution is -2.68. The molecule has 3 heterocycles. The lowest BCUT2D eigenvalue weighted by Gasteiger charge is -2.46. The van der Waals surface area contributed by atoms with Crippen LogP contribution in [0.5, 0.6) is 0 Å². The Morgan fingerprint density at radius 1 is 0.709 bits per heavy atom. The third-order valence-corrected chi connectivity index (χ3v) is 22.6. The van der Waals surface area contributed by atoms with Gasteiger partial charge in [0.15, 0.2) is 0 Å². The second kappa shape index (κ2) is 36.5. The third-order valence-electron chi connectivity index (χ3n) is 21.9. The van der Waals surface area contributed by atoms with E-state index in [9.17, 15) is 41.9 Å². The van der Waals surface area contributed by atoms with Crippen molar-refractivity contribution in [3.63, 3.8) is 0 Å². The van der Waals surface area contributed by atoms with E-state index >= 15 is 37.5 Å². The van der Waals surface area contributed by atoms with Gasteiger partial charge in [0.25, 0.3) is 0 Å². The second-order valence-electron chi connectivity index (χ2n) is 29.2. The van der Waals surface area contributed by atoms with Crippen molar-refractivity contribution in [3.8, 4) is 0 Å². The number of rotatable bonds is 13. The number of hydrogen-bond donors (Lipinski definition) is 3. The molecule has 2 saturated heterocycles. The molecule has 31 heteroatoms. The van der Waals surface area contributed by atoms with E-state index in [1.807, 2.05) is 13.0 Å². The fourth-order valence-corrected chi connectivity index (χ4v) is 16.1. The number of nitrogens with one attached hydrogen (secondary N) is 3. The molecule has 3 N–H and O–H groups in total. The zero-order valence-electron chi connectivity index (χ0n) is 61.8. The van der Waals surface area contributed by atoms with Crippen molar-refractivity contribution in [2.75, 3.05) is 101 Å². The van der Waals surface area contributed by atoms with Crippen molar-refractivity contribution in [1.29, 1.82) is 0 Å². The summed E-state index contributed by atoms with van der Waals surface area (Å²) >= 11 is 1.23. The molecular formula is C72H107F5N12O13S. The Hall–Kier alpha value is -7.44. The number of likely N-dealkylation sites (N-methyl/N-ethyl adjacent to an activating group) is 7. The van der Waals surface area contributed by atoms with E-state index in [1.54, 1.807) is 26.2 Å². The number of alkyl halides is 3. The summed E-state index contributed by atoms with van der Waals surface area (Å²) in [7, 11) is 11.2. The lowest BCUT2D eigenvalue weighted by molar-refractivity contribution is -0.157. The Morgan fingerprint density at radius 3 is 1.92 bits per heavy atom. The van der Waals surface area contributed by atoms with E-state index < -0.39 is 198 Å². The van der Waals surface area contributed by atoms with Crippen molar-refractivity contribution in [2.45, 2.75) is 215 Å². The molecule has 25 nitrogen and oxygen atoms in total. The highest BCUT2D eigenvalue weighted by Crippen LogP contribution is 2.40. The summed E-state index contributed by atoms with van der Waals surface area (Å²) in [5.74, 6) is -13.6. The van der Waals surface area contributed by atoms with Crippen molar-refractivity contribution in [3.05, 3.63) is 47.0 Å². The molecule has 1 aromatic rings. The Balaban J connectivity index is 1.32. The number of thioether (sulfide) groups is 1. The van der Waals surface area contributed by atoms with Crippen LogP contribution in [0.1, 0.15) is 154 Å². The zero-order chi connectivity index (χ0) is 76.1. The quantitative estimate of drug-likeness (QED) is 0.177. The second-order valence-corrected chi connectivity index (χ2v) is 30.1. The van der Waals surface area contributed by atoms with Gasteiger partial charge in [-0.1, -0.05) is 77.4 Å². The summed E-state index contributed by atoms with van der Waals surface area (Å²) < 4.78 is 77.9. The molecule has 5 fully saturated rings. The summed E-state index contributed by atoms with van der Waals surface area (Å²) in [4.78, 5) is 191. The number of aryl methyl sites for hydroxylation is 1. The lowest BCUT2D eigenvalue weighted by atomic mass is 9.74. The maximum absolute atomic E-state index is 15.5. The Kier molecular flexibility index (Phi) is 29.4. The van der Waals surface area contributed by atoms with Crippen LogP contribution in [0.25, 0.3) is 0 Å². The van der Waals surface area contributed by atoms with Gasteiger partial charge in [-0.05, 0) is 113 Å². The van der Waals surface area contributed by atoms with Crippen LogP contribution in [-0.4, -0.2) is 276 Å². The Labute approximate surface area is 605 Å². The standard InChI is InChI=1S/C72H107F5N12O13S/c1-13-43(3)60-68(99)83(7)41-58(92)84(8)51-28-19-16-22-33-88(67(51)98)54(36-44-24-17-15-18-25-44)66(97)82(6)40-56(90)78-50(30-29-45-34-48(73)59(49(74)35-45)72(75,76)77)64(95)89-39-47(102-14-2)37-52(89)63(94)80-71(31-23-32-71)70(101)87(11)61(46-26-20-21-27-46)69(100)86(10)53(65(96)81(4)5)38-57(91)85(9)55(42-103-12)62(93)79-60/h16,19,34-35,43-44,46-47,50-55,60-61H,13-15,17-18,20-33,36-42H2,1-12H3,(H,78,90)(H,79,93)(H,80,94)/b19-16-/t43-,47+,50+,51-,52-,53-,54-,55-,60-,61-/m0/s1. The van der Waals surface area contributed by atoms with Crippen LogP contribution in [-0.2, 0) is 74.9 Å². The molecule has 0 aromatic heterocycles. The molecular weight excluding hydrogens is 1370 g/mol. The smallest absolute Gasteiger partial charge is 0.377 e. The molecule has 3 aliphatic carbocycles. The van der Waals surface area contributed by atoms with Crippen molar-refractivity contribution >= 4 is 82.6 Å². The molecule has 3 saturated carbocycles. The SMILES string of the molecule is CCO[C@@H]1C[C@H]2C(=O)NC3(CCC3)C(=O)N(C)[C@@H](C3CCCC3)C(=O)N(C)[C@H](C(=O)N(C)C)CC(=O)N(C)[C@@H](CSC)C(=O)N[C@@H]([C@@H](C)CC)C(=O)N(C)CC(=O)N(C)[C@H]3C/C=C\CCN(C3=O)[C@@H](CC3CCCCC3)C(=O)N(C)CC(=O)N[C@H](CCc3cc(F)c(C(F)(F)F)c(F)c3)C(=O)N2C1. The first-order chi connectivity index (χ1) is 48.6. The normalized spacial score (nSPS) is 27.7. The molecule has 103 heavy (non-hydrogen) atoms. The van der Waals surface area contributed by atoms with E-state index in [4.69, 9.17) is 4.74 Å². The zero-order valence-corrected chi connectivity index (χ0v) is 62.6. The van der Waals surface area contributed by atoms with Gasteiger partial charge in [0.1, 0.15) is 71.1 Å². The van der Waals surface area contributed by atoms with Crippen LogP contribution < -0.4 is 16.0 Å². The van der Waals surface area contributed by atoms with E-state index in [0.29, 0.717) is 57.1 Å². The average molecular weight is 1480 g/mol. The number of halogens is 5. The van der Waals surface area contributed by atoms with Gasteiger partial charge < -0.3 is 64.8 Å². The molecule has 574 valence electrons. The first-order valence-electron chi connectivity index (χ1n) is 36.2. The predicted octanol–water partition coefficient (Wildman–Crippen LogP) is 4.76. The van der Waals surface area contributed by atoms with E-state index in [-0.39, 0.29) is 69.0 Å². The summed E-state index contributed by atoms with van der Waals surface area (Å²) in [6, 6.07) is -9.82. The van der Waals surface area contributed by atoms with Gasteiger partial charge in [-0.25, -0.2) is 8.78 Å². The van der Waals surface area contributed by atoms with Crippen LogP contribution in [0.3, 0.4) is 0 Å². The summed E-state index contributed by atoms with van der Waals surface area (Å²) in [6.07, 6.45) is 5.23. The van der Waals surface area contributed by atoms with Gasteiger partial charge in [0.05, 0.1) is 25.6 Å². The predicted molar refractivity (Wildman–Crippen MR) is 373 cm³/mol. The van der Waals surface area contributed by atoms with E-state index in [1.165, 1.54) is 87.7 Å². The molecule has 0 radical (unpaired) electrons. The molecule has 12 amide bonds. The van der Waals surface area contributed by atoms with Gasteiger partial charge in [0.2, 0.25) is 70.9 Å². The minimum absolute atomic E-state index is 0.00638. The number of benzene rings is 1. The largest absolute Gasteiger partial charge is 0.422 e. The first kappa shape index (κ1) is 82.8.